The van der Waals surface area contributed by atoms with Crippen molar-refractivity contribution in [1.29, 1.82) is 0 Å². The predicted molar refractivity (Wildman–Crippen MR) is 131 cm³/mol. The molecule has 13 heteroatoms. The van der Waals surface area contributed by atoms with Crippen molar-refractivity contribution in [1.82, 2.24) is 4.37 Å². The molecule has 0 saturated carbocycles. The molecule has 198 valence electrons. The molecule has 37 heavy (non-hydrogen) atoms. The van der Waals surface area contributed by atoms with E-state index < -0.39 is 35.6 Å². The van der Waals surface area contributed by atoms with E-state index in [1.807, 2.05) is 0 Å². The van der Waals surface area contributed by atoms with Gasteiger partial charge in [0.15, 0.2) is 0 Å². The van der Waals surface area contributed by atoms with Gasteiger partial charge in [-0.1, -0.05) is 15.9 Å². The molecule has 1 atom stereocenters. The van der Waals surface area contributed by atoms with Crippen molar-refractivity contribution in [3.05, 3.63) is 74.9 Å². The minimum absolute atomic E-state index is 0.105. The molecule has 0 saturated heterocycles. The molecule has 0 radical (unpaired) electrons. The second-order valence-electron chi connectivity index (χ2n) is 8.64. The van der Waals surface area contributed by atoms with E-state index in [0.29, 0.717) is 39.3 Å². The Balaban J connectivity index is 1.86. The smallest absolute Gasteiger partial charge is 0.416 e. The maximum atomic E-state index is 13.5. The van der Waals surface area contributed by atoms with Crippen LogP contribution in [0.5, 0.6) is 0 Å². The van der Waals surface area contributed by atoms with E-state index in [1.165, 1.54) is 4.90 Å². The van der Waals surface area contributed by atoms with Crippen LogP contribution >= 0.6 is 27.5 Å². The Labute approximate surface area is 220 Å². The number of aryl methyl sites for hydroxylation is 1. The molecule has 1 aliphatic heterocycles. The Bertz CT molecular complexity index is 1280. The minimum atomic E-state index is -4.97. The number of hydrogen-bond donors (Lipinski definition) is 1. The van der Waals surface area contributed by atoms with Crippen LogP contribution in [0.1, 0.15) is 46.8 Å². The average molecular weight is 608 g/mol. The zero-order valence-corrected chi connectivity index (χ0v) is 21.6. The topological polar surface area (TPSA) is 56.7 Å². The van der Waals surface area contributed by atoms with Gasteiger partial charge in [-0.15, -0.1) is 0 Å². The summed E-state index contributed by atoms with van der Waals surface area (Å²) in [6.07, 6.45) is -10.3. The Kier molecular flexibility index (Phi) is 7.48. The molecule has 0 fully saturated rings. The van der Waals surface area contributed by atoms with Gasteiger partial charge in [0.2, 0.25) is 0 Å². The van der Waals surface area contributed by atoms with Crippen LogP contribution in [-0.2, 0) is 18.9 Å². The van der Waals surface area contributed by atoms with Crippen LogP contribution in [0.15, 0.2) is 46.9 Å². The van der Waals surface area contributed by atoms with Crippen LogP contribution in [0.2, 0.25) is 0 Å². The molecule has 0 spiro atoms. The summed E-state index contributed by atoms with van der Waals surface area (Å²) in [6.45, 7) is 1.64. The Morgan fingerprint density at radius 2 is 1.76 bits per heavy atom. The number of alkyl halides is 6. The third kappa shape index (κ3) is 6.03. The lowest BCUT2D eigenvalue weighted by atomic mass is 9.98. The molecule has 1 aliphatic rings. The van der Waals surface area contributed by atoms with Gasteiger partial charge in [-0.2, -0.15) is 30.7 Å². The number of nitrogens with zero attached hydrogens (tertiary/aromatic N) is 3. The first-order chi connectivity index (χ1) is 17.2. The summed E-state index contributed by atoms with van der Waals surface area (Å²) in [6, 6.07) is 7.76. The van der Waals surface area contributed by atoms with Gasteiger partial charge in [0.1, 0.15) is 5.00 Å². The van der Waals surface area contributed by atoms with E-state index in [9.17, 15) is 36.2 Å². The van der Waals surface area contributed by atoms with Gasteiger partial charge in [0, 0.05) is 17.6 Å². The van der Waals surface area contributed by atoms with E-state index >= 15 is 0 Å². The van der Waals surface area contributed by atoms with E-state index in [0.717, 1.165) is 23.7 Å². The van der Waals surface area contributed by atoms with Gasteiger partial charge < -0.3 is 10.0 Å². The first-order valence-corrected chi connectivity index (χ1v) is 12.6. The number of anilines is 2. The lowest BCUT2D eigenvalue weighted by Gasteiger charge is -2.33. The number of benzene rings is 2. The molecule has 5 nitrogen and oxygen atoms in total. The number of halogens is 7. The largest absolute Gasteiger partial charge is 0.465 e. The Hall–Kier alpha value is -2.80. The zero-order valence-electron chi connectivity index (χ0n) is 19.2. The van der Waals surface area contributed by atoms with Crippen molar-refractivity contribution in [2.24, 2.45) is 0 Å². The van der Waals surface area contributed by atoms with Gasteiger partial charge in [0.25, 0.3) is 0 Å². The molecular formula is C24H20BrF6N3O2S. The highest BCUT2D eigenvalue weighted by Crippen LogP contribution is 2.43. The second kappa shape index (κ2) is 10.2. The molecule has 1 N–H and O–H groups in total. The van der Waals surface area contributed by atoms with Gasteiger partial charge >= 0.3 is 18.4 Å². The fourth-order valence-electron chi connectivity index (χ4n) is 4.41. The summed E-state index contributed by atoms with van der Waals surface area (Å²) < 4.78 is 86.0. The number of hydrogen-bond acceptors (Lipinski definition) is 4. The monoisotopic (exact) mass is 607 g/mol. The van der Waals surface area contributed by atoms with Crippen LogP contribution < -0.4 is 9.80 Å². The summed E-state index contributed by atoms with van der Waals surface area (Å²) in [5.74, 6) is 0. The third-order valence-corrected chi connectivity index (χ3v) is 7.42. The van der Waals surface area contributed by atoms with Gasteiger partial charge in [-0.3, -0.25) is 4.90 Å². The number of carboxylic acid groups (broad SMARTS) is 1. The number of amides is 1. The number of fused-ring (bicyclic) bond motifs is 1. The number of rotatable bonds is 4. The van der Waals surface area contributed by atoms with E-state index in [4.69, 9.17) is 0 Å². The van der Waals surface area contributed by atoms with Crippen molar-refractivity contribution in [2.75, 3.05) is 16.3 Å². The molecule has 1 unspecified atom stereocenters. The summed E-state index contributed by atoms with van der Waals surface area (Å²) in [4.78, 5) is 14.8. The second-order valence-corrected chi connectivity index (χ2v) is 10.3. The van der Waals surface area contributed by atoms with Gasteiger partial charge in [-0.05, 0) is 84.9 Å². The van der Waals surface area contributed by atoms with Crippen molar-refractivity contribution in [3.8, 4) is 0 Å². The Morgan fingerprint density at radius 3 is 2.30 bits per heavy atom. The molecule has 2 heterocycles. The van der Waals surface area contributed by atoms with Crippen molar-refractivity contribution < 1.29 is 36.2 Å². The maximum Gasteiger partial charge on any atom is 0.416 e. The molecule has 1 amide bonds. The zero-order chi connectivity index (χ0) is 27.1. The molecule has 2 aromatic carbocycles. The lowest BCUT2D eigenvalue weighted by Crippen LogP contribution is -2.30. The summed E-state index contributed by atoms with van der Waals surface area (Å²) >= 11 is 4.47. The Morgan fingerprint density at radius 1 is 1.11 bits per heavy atom. The minimum Gasteiger partial charge on any atom is -0.465 e. The highest BCUT2D eigenvalue weighted by Gasteiger charge is 2.38. The highest BCUT2D eigenvalue weighted by molar-refractivity contribution is 9.10. The van der Waals surface area contributed by atoms with Crippen LogP contribution in [0.3, 0.4) is 0 Å². The summed E-state index contributed by atoms with van der Waals surface area (Å²) in [5, 5.41) is 10.3. The van der Waals surface area contributed by atoms with Crippen LogP contribution in [0.4, 0.5) is 41.8 Å². The van der Waals surface area contributed by atoms with E-state index in [1.54, 1.807) is 36.1 Å². The third-order valence-electron chi connectivity index (χ3n) is 6.00. The van der Waals surface area contributed by atoms with Gasteiger partial charge in [-0.25, -0.2) is 4.79 Å². The van der Waals surface area contributed by atoms with Crippen LogP contribution in [0, 0.1) is 6.92 Å². The normalized spacial score (nSPS) is 16.3. The number of aromatic nitrogens is 1. The van der Waals surface area contributed by atoms with E-state index in [-0.39, 0.29) is 24.7 Å². The van der Waals surface area contributed by atoms with Crippen molar-refractivity contribution >= 4 is 44.2 Å². The lowest BCUT2D eigenvalue weighted by molar-refractivity contribution is -0.143. The van der Waals surface area contributed by atoms with Gasteiger partial charge in [0.05, 0.1) is 28.6 Å². The fourth-order valence-corrected chi connectivity index (χ4v) is 5.60. The maximum absolute atomic E-state index is 13.5. The first-order valence-electron chi connectivity index (χ1n) is 11.0. The van der Waals surface area contributed by atoms with E-state index in [2.05, 4.69) is 20.3 Å². The van der Waals surface area contributed by atoms with Crippen molar-refractivity contribution in [3.63, 3.8) is 0 Å². The summed E-state index contributed by atoms with van der Waals surface area (Å²) in [5.41, 5.74) is -1.32. The van der Waals surface area contributed by atoms with Crippen molar-refractivity contribution in [2.45, 2.75) is 44.7 Å². The fraction of sp³-hybridized carbons (Fsp3) is 0.333. The SMILES string of the molecule is Cc1cc(N(Cc2cc(C(F)(F)F)cc(C(F)(F)F)c2)C2CCCN(C(=O)O)c3ccc(Br)cc32)sn1. The molecule has 3 aromatic rings. The van der Waals surface area contributed by atoms with Crippen LogP contribution in [0.25, 0.3) is 0 Å². The first kappa shape index (κ1) is 27.2. The highest BCUT2D eigenvalue weighted by atomic mass is 79.9. The van der Waals surface area contributed by atoms with Crippen LogP contribution in [-0.4, -0.2) is 22.1 Å². The predicted octanol–water partition coefficient (Wildman–Crippen LogP) is 8.28. The standard InChI is InChI=1S/C24H20BrF6N3O2S/c1-13-7-21(37-32-13)34(12-14-8-15(23(26,27)28)10-16(9-14)24(29,30)31)19-3-2-6-33(22(35)36)20-5-4-17(25)11-18(19)20/h4-5,7-11,19H,2-3,6,12H2,1H3,(H,35,36). The summed E-state index contributed by atoms with van der Waals surface area (Å²) in [7, 11) is 0. The molecular weight excluding hydrogens is 588 g/mol. The number of carbonyl (C=O) groups is 1. The molecule has 1 aromatic heterocycles. The molecule has 0 aliphatic carbocycles. The quantitative estimate of drug-likeness (QED) is 0.303. The average Bonchev–Trinajstić information content (AvgIpc) is 3.13. The molecule has 4 rings (SSSR count). The molecule has 0 bridgehead atoms.